The van der Waals surface area contributed by atoms with Crippen LogP contribution in [0.3, 0.4) is 0 Å². The van der Waals surface area contributed by atoms with Crippen molar-refractivity contribution in [3.05, 3.63) is 33.9 Å². The second kappa shape index (κ2) is 5.94. The first-order chi connectivity index (χ1) is 10.2. The number of nitro benzene ring substituents is 1. The number of hydrogen-bond acceptors (Lipinski definition) is 4. The van der Waals surface area contributed by atoms with Crippen LogP contribution in [0.1, 0.15) is 52.0 Å². The van der Waals surface area contributed by atoms with Crippen LogP contribution in [0, 0.1) is 10.1 Å². The first kappa shape index (κ1) is 16.3. The van der Waals surface area contributed by atoms with E-state index < -0.39 is 16.6 Å². The molecule has 120 valence electrons. The van der Waals surface area contributed by atoms with Gasteiger partial charge < -0.3 is 4.74 Å². The van der Waals surface area contributed by atoms with Crippen LogP contribution in [0.15, 0.2) is 18.2 Å². The van der Waals surface area contributed by atoms with Crippen LogP contribution in [0.25, 0.3) is 0 Å². The zero-order valence-electron chi connectivity index (χ0n) is 13.5. The molecule has 1 aromatic rings. The van der Waals surface area contributed by atoms with Crippen LogP contribution < -0.4 is 4.90 Å². The van der Waals surface area contributed by atoms with Gasteiger partial charge in [0.15, 0.2) is 0 Å². The molecule has 1 aliphatic heterocycles. The highest BCUT2D eigenvalue weighted by atomic mass is 16.6. The van der Waals surface area contributed by atoms with Gasteiger partial charge in [0.1, 0.15) is 5.60 Å². The van der Waals surface area contributed by atoms with Crippen molar-refractivity contribution in [3.8, 4) is 0 Å². The number of anilines is 1. The van der Waals surface area contributed by atoms with Gasteiger partial charge in [-0.3, -0.25) is 15.0 Å². The van der Waals surface area contributed by atoms with E-state index >= 15 is 0 Å². The van der Waals surface area contributed by atoms with E-state index in [0.717, 1.165) is 18.4 Å². The number of ether oxygens (including phenoxy) is 1. The molecule has 0 bridgehead atoms. The number of hydrogen-bond donors (Lipinski definition) is 0. The Bertz CT molecular complexity index is 592. The molecule has 1 heterocycles. The number of benzene rings is 1. The van der Waals surface area contributed by atoms with E-state index in [1.165, 1.54) is 17.0 Å². The van der Waals surface area contributed by atoms with Gasteiger partial charge in [0.2, 0.25) is 0 Å². The smallest absolute Gasteiger partial charge is 0.414 e. The van der Waals surface area contributed by atoms with Crippen LogP contribution in [0.2, 0.25) is 0 Å². The summed E-state index contributed by atoms with van der Waals surface area (Å²) in [6, 6.07) is 4.74. The fourth-order valence-corrected chi connectivity index (χ4v) is 2.72. The summed E-state index contributed by atoms with van der Waals surface area (Å²) in [6.45, 7) is 8.01. The second-order valence-electron chi connectivity index (χ2n) is 6.53. The van der Waals surface area contributed by atoms with Crippen LogP contribution in [-0.2, 0) is 4.74 Å². The predicted molar refractivity (Wildman–Crippen MR) is 84.3 cm³/mol. The quantitative estimate of drug-likeness (QED) is 0.605. The molecule has 1 unspecified atom stereocenters. The third-order valence-corrected chi connectivity index (χ3v) is 3.76. The highest BCUT2D eigenvalue weighted by Crippen LogP contribution is 2.39. The van der Waals surface area contributed by atoms with E-state index in [2.05, 4.69) is 6.92 Å². The largest absolute Gasteiger partial charge is 0.443 e. The van der Waals surface area contributed by atoms with E-state index in [-0.39, 0.29) is 5.69 Å². The third-order valence-electron chi connectivity index (χ3n) is 3.76. The second-order valence-corrected chi connectivity index (χ2v) is 6.53. The third kappa shape index (κ3) is 3.37. The van der Waals surface area contributed by atoms with Crippen LogP contribution in [-0.4, -0.2) is 23.2 Å². The Morgan fingerprint density at radius 3 is 2.68 bits per heavy atom. The summed E-state index contributed by atoms with van der Waals surface area (Å²) in [5, 5.41) is 11.0. The molecule has 22 heavy (non-hydrogen) atoms. The molecular formula is C16H22N2O4. The minimum Gasteiger partial charge on any atom is -0.443 e. The SMILES string of the molecule is CCC1CCN(C(=O)OC(C)(C)C)c2cc([N+](=O)[O-])ccc21. The highest BCUT2D eigenvalue weighted by molar-refractivity contribution is 5.90. The average Bonchev–Trinajstić information content (AvgIpc) is 2.43. The molecule has 0 aliphatic carbocycles. The Balaban J connectivity index is 2.41. The lowest BCUT2D eigenvalue weighted by atomic mass is 9.88. The maximum atomic E-state index is 12.4. The molecule has 0 spiro atoms. The molecule has 0 fully saturated rings. The van der Waals surface area contributed by atoms with Gasteiger partial charge in [-0.2, -0.15) is 0 Å². The van der Waals surface area contributed by atoms with Gasteiger partial charge in [0, 0.05) is 18.7 Å². The summed E-state index contributed by atoms with van der Waals surface area (Å²) in [5.41, 5.74) is 0.968. The Morgan fingerprint density at radius 2 is 2.14 bits per heavy atom. The van der Waals surface area contributed by atoms with Crippen LogP contribution >= 0.6 is 0 Å². The normalized spacial score (nSPS) is 17.8. The number of nitro groups is 1. The Kier molecular flexibility index (Phi) is 4.39. The van der Waals surface area contributed by atoms with Crippen molar-refractivity contribution >= 4 is 17.5 Å². The van der Waals surface area contributed by atoms with E-state index in [9.17, 15) is 14.9 Å². The number of fused-ring (bicyclic) bond motifs is 1. The van der Waals surface area contributed by atoms with Crippen molar-refractivity contribution in [1.29, 1.82) is 0 Å². The molecule has 0 saturated carbocycles. The molecule has 0 N–H and O–H groups in total. The molecule has 6 nitrogen and oxygen atoms in total. The number of non-ortho nitro benzene ring substituents is 1. The van der Waals surface area contributed by atoms with E-state index in [1.807, 2.05) is 0 Å². The number of rotatable bonds is 2. The zero-order chi connectivity index (χ0) is 16.5. The van der Waals surface area contributed by atoms with Gasteiger partial charge in [-0.1, -0.05) is 6.92 Å². The maximum Gasteiger partial charge on any atom is 0.414 e. The van der Waals surface area contributed by atoms with Gasteiger partial charge in [-0.15, -0.1) is 0 Å². The van der Waals surface area contributed by atoms with Crippen molar-refractivity contribution in [2.75, 3.05) is 11.4 Å². The van der Waals surface area contributed by atoms with Crippen LogP contribution in [0.5, 0.6) is 0 Å². The van der Waals surface area contributed by atoms with Gasteiger partial charge in [-0.05, 0) is 51.2 Å². The summed E-state index contributed by atoms with van der Waals surface area (Å²) in [6.07, 6.45) is 1.32. The molecular weight excluding hydrogens is 284 g/mol. The molecule has 6 heteroatoms. The van der Waals surface area contributed by atoms with E-state index in [1.54, 1.807) is 26.8 Å². The lowest BCUT2D eigenvalue weighted by molar-refractivity contribution is -0.384. The first-order valence-corrected chi connectivity index (χ1v) is 7.51. The summed E-state index contributed by atoms with van der Waals surface area (Å²) in [5.74, 6) is 0.314. The lowest BCUT2D eigenvalue weighted by Crippen LogP contribution is -2.40. The highest BCUT2D eigenvalue weighted by Gasteiger charge is 2.32. The molecule has 0 aromatic heterocycles. The van der Waals surface area contributed by atoms with Gasteiger partial charge in [0.05, 0.1) is 10.6 Å². The molecule has 2 rings (SSSR count). The minimum atomic E-state index is -0.598. The van der Waals surface area contributed by atoms with Gasteiger partial charge in [-0.25, -0.2) is 4.79 Å². The number of amides is 1. The molecule has 1 atom stereocenters. The number of nitrogens with zero attached hydrogens (tertiary/aromatic N) is 2. The van der Waals surface area contributed by atoms with E-state index in [4.69, 9.17) is 4.74 Å². The molecule has 1 aliphatic rings. The summed E-state index contributed by atoms with van der Waals surface area (Å²) < 4.78 is 5.42. The summed E-state index contributed by atoms with van der Waals surface area (Å²) in [4.78, 5) is 24.5. The average molecular weight is 306 g/mol. The lowest BCUT2D eigenvalue weighted by Gasteiger charge is -2.34. The van der Waals surface area contributed by atoms with Crippen molar-refractivity contribution in [2.45, 2.75) is 52.1 Å². The Morgan fingerprint density at radius 1 is 1.45 bits per heavy atom. The number of carbonyl (C=O) groups excluding carboxylic acids is 1. The van der Waals surface area contributed by atoms with Crippen molar-refractivity contribution < 1.29 is 14.5 Å². The van der Waals surface area contributed by atoms with Crippen molar-refractivity contribution in [3.63, 3.8) is 0 Å². The molecule has 0 radical (unpaired) electrons. The monoisotopic (exact) mass is 306 g/mol. The minimum absolute atomic E-state index is 0.0101. The molecule has 1 aromatic carbocycles. The molecule has 1 amide bonds. The Hall–Kier alpha value is -2.11. The van der Waals surface area contributed by atoms with Gasteiger partial charge in [0.25, 0.3) is 5.69 Å². The predicted octanol–water partition coefficient (Wildman–Crippen LogP) is 4.23. The fourth-order valence-electron chi connectivity index (χ4n) is 2.72. The standard InChI is InChI=1S/C16H22N2O4/c1-5-11-8-9-17(15(19)22-16(2,3)4)14-10-12(18(20)21)6-7-13(11)14/h6-7,10-11H,5,8-9H2,1-4H3. The van der Waals surface area contributed by atoms with Crippen molar-refractivity contribution in [1.82, 2.24) is 0 Å². The topological polar surface area (TPSA) is 72.7 Å². The maximum absolute atomic E-state index is 12.4. The summed E-state index contributed by atoms with van der Waals surface area (Å²) in [7, 11) is 0. The van der Waals surface area contributed by atoms with Crippen LogP contribution in [0.4, 0.5) is 16.2 Å². The molecule has 0 saturated heterocycles. The first-order valence-electron chi connectivity index (χ1n) is 7.51. The van der Waals surface area contributed by atoms with E-state index in [0.29, 0.717) is 18.2 Å². The number of carbonyl (C=O) groups is 1. The van der Waals surface area contributed by atoms with Crippen molar-refractivity contribution in [2.24, 2.45) is 0 Å². The zero-order valence-corrected chi connectivity index (χ0v) is 13.5. The fraction of sp³-hybridized carbons (Fsp3) is 0.562. The summed E-state index contributed by atoms with van der Waals surface area (Å²) >= 11 is 0. The van der Waals surface area contributed by atoms with Gasteiger partial charge >= 0.3 is 6.09 Å². The Labute approximate surface area is 130 Å².